The van der Waals surface area contributed by atoms with E-state index in [9.17, 15) is 19.7 Å². The van der Waals surface area contributed by atoms with E-state index in [1.165, 1.54) is 32.2 Å². The zero-order chi connectivity index (χ0) is 18.4. The van der Waals surface area contributed by atoms with Crippen LogP contribution in [0.5, 0.6) is 5.75 Å². The lowest BCUT2D eigenvalue weighted by Gasteiger charge is -2.14. The number of nitrogens with one attached hydrogen (secondary N) is 1. The molecule has 1 atom stereocenters. The van der Waals surface area contributed by atoms with Crippen LogP contribution in [0, 0.1) is 10.1 Å². The lowest BCUT2D eigenvalue weighted by molar-refractivity contribution is -0.384. The zero-order valence-corrected chi connectivity index (χ0v) is 13.6. The number of amides is 1. The van der Waals surface area contributed by atoms with Crippen molar-refractivity contribution < 1.29 is 24.0 Å². The van der Waals surface area contributed by atoms with Crippen molar-refractivity contribution in [2.24, 2.45) is 0 Å². The first-order chi connectivity index (χ1) is 11.9. The quantitative estimate of drug-likeness (QED) is 0.490. The van der Waals surface area contributed by atoms with Crippen LogP contribution in [0.2, 0.25) is 0 Å². The number of rotatable bonds is 6. The summed E-state index contributed by atoms with van der Waals surface area (Å²) in [5.74, 6) is -1.06. The summed E-state index contributed by atoms with van der Waals surface area (Å²) in [5, 5.41) is 13.5. The predicted octanol–water partition coefficient (Wildman–Crippen LogP) is 2.79. The number of methoxy groups -OCH3 is 1. The molecule has 0 spiro atoms. The van der Waals surface area contributed by atoms with Crippen LogP contribution in [0.25, 0.3) is 0 Å². The Bertz CT molecular complexity index is 791. The molecule has 0 bridgehead atoms. The van der Waals surface area contributed by atoms with Gasteiger partial charge in [0.25, 0.3) is 11.6 Å². The molecule has 1 N–H and O–H groups in total. The number of carbonyl (C=O) groups excluding carboxylic acids is 2. The SMILES string of the molecule is COc1ccc(NC(=O)C(C)OC(=O)c2ccccc2)c([N+](=O)[O-])c1. The van der Waals surface area contributed by atoms with Crippen molar-refractivity contribution in [1.82, 2.24) is 0 Å². The standard InChI is InChI=1S/C17H16N2O6/c1-11(25-17(21)12-6-4-3-5-7-12)16(20)18-14-9-8-13(24-2)10-15(14)19(22)23/h3-11H,1-2H3,(H,18,20). The smallest absolute Gasteiger partial charge is 0.338 e. The maximum Gasteiger partial charge on any atom is 0.338 e. The summed E-state index contributed by atoms with van der Waals surface area (Å²) >= 11 is 0. The molecular weight excluding hydrogens is 328 g/mol. The Morgan fingerprint density at radius 1 is 1.16 bits per heavy atom. The number of carbonyl (C=O) groups is 2. The summed E-state index contributed by atoms with van der Waals surface area (Å²) in [4.78, 5) is 34.6. The van der Waals surface area contributed by atoms with Gasteiger partial charge in [0.1, 0.15) is 11.4 Å². The molecule has 25 heavy (non-hydrogen) atoms. The van der Waals surface area contributed by atoms with Crippen LogP contribution < -0.4 is 10.1 Å². The van der Waals surface area contributed by atoms with Crippen molar-refractivity contribution >= 4 is 23.3 Å². The van der Waals surface area contributed by atoms with Crippen LogP contribution in [0.3, 0.4) is 0 Å². The molecule has 0 heterocycles. The van der Waals surface area contributed by atoms with Gasteiger partial charge in [-0.2, -0.15) is 0 Å². The first-order valence-electron chi connectivity index (χ1n) is 7.31. The van der Waals surface area contributed by atoms with Gasteiger partial charge in [-0.25, -0.2) is 4.79 Å². The van der Waals surface area contributed by atoms with Crippen LogP contribution >= 0.6 is 0 Å². The molecule has 8 heteroatoms. The summed E-state index contributed by atoms with van der Waals surface area (Å²) in [6, 6.07) is 12.2. The van der Waals surface area contributed by atoms with Crippen molar-refractivity contribution in [1.29, 1.82) is 0 Å². The maximum atomic E-state index is 12.2. The van der Waals surface area contributed by atoms with Crippen molar-refractivity contribution in [2.75, 3.05) is 12.4 Å². The van der Waals surface area contributed by atoms with Crippen LogP contribution in [0.15, 0.2) is 48.5 Å². The van der Waals surface area contributed by atoms with E-state index in [0.717, 1.165) is 0 Å². The molecule has 8 nitrogen and oxygen atoms in total. The zero-order valence-electron chi connectivity index (χ0n) is 13.6. The molecule has 0 aliphatic rings. The fourth-order valence-electron chi connectivity index (χ4n) is 1.99. The first-order valence-corrected chi connectivity index (χ1v) is 7.31. The molecule has 0 saturated carbocycles. The van der Waals surface area contributed by atoms with Gasteiger partial charge in [0, 0.05) is 0 Å². The third kappa shape index (κ3) is 4.54. The normalized spacial score (nSPS) is 11.3. The molecule has 2 rings (SSSR count). The number of anilines is 1. The van der Waals surface area contributed by atoms with E-state index in [1.807, 2.05) is 0 Å². The number of nitrogens with zero attached hydrogens (tertiary/aromatic N) is 1. The third-order valence-electron chi connectivity index (χ3n) is 3.32. The van der Waals surface area contributed by atoms with Crippen LogP contribution in [-0.4, -0.2) is 30.0 Å². The second kappa shape index (κ2) is 7.91. The van der Waals surface area contributed by atoms with Gasteiger partial charge in [0.05, 0.1) is 23.7 Å². The molecule has 0 aliphatic carbocycles. The van der Waals surface area contributed by atoms with Gasteiger partial charge in [-0.15, -0.1) is 0 Å². The van der Waals surface area contributed by atoms with E-state index in [1.54, 1.807) is 30.3 Å². The number of nitro groups is 1. The van der Waals surface area contributed by atoms with Crippen molar-refractivity contribution in [2.45, 2.75) is 13.0 Å². The summed E-state index contributed by atoms with van der Waals surface area (Å²) in [6.07, 6.45) is -1.13. The molecule has 2 aromatic carbocycles. The van der Waals surface area contributed by atoms with Gasteiger partial charge in [0.15, 0.2) is 6.10 Å². The van der Waals surface area contributed by atoms with Gasteiger partial charge < -0.3 is 14.8 Å². The van der Waals surface area contributed by atoms with E-state index in [-0.39, 0.29) is 17.1 Å². The highest BCUT2D eigenvalue weighted by molar-refractivity contribution is 5.98. The van der Waals surface area contributed by atoms with Gasteiger partial charge in [0.2, 0.25) is 0 Å². The Kier molecular flexibility index (Phi) is 5.67. The maximum absolute atomic E-state index is 12.2. The van der Waals surface area contributed by atoms with E-state index in [4.69, 9.17) is 9.47 Å². The van der Waals surface area contributed by atoms with Crippen LogP contribution in [0.1, 0.15) is 17.3 Å². The second-order valence-corrected chi connectivity index (χ2v) is 5.04. The van der Waals surface area contributed by atoms with Crippen molar-refractivity contribution in [3.8, 4) is 5.75 Å². The Morgan fingerprint density at radius 2 is 1.84 bits per heavy atom. The molecule has 0 radical (unpaired) electrons. The van der Waals surface area contributed by atoms with E-state index in [2.05, 4.69) is 5.32 Å². The fraction of sp³-hybridized carbons (Fsp3) is 0.176. The van der Waals surface area contributed by atoms with Gasteiger partial charge >= 0.3 is 5.97 Å². The molecular formula is C17H16N2O6. The molecule has 1 unspecified atom stereocenters. The number of esters is 1. The molecule has 130 valence electrons. The minimum atomic E-state index is -1.13. The molecule has 2 aromatic rings. The number of benzene rings is 2. The largest absolute Gasteiger partial charge is 0.496 e. The minimum absolute atomic E-state index is 0.0154. The monoisotopic (exact) mass is 344 g/mol. The average molecular weight is 344 g/mol. The molecule has 1 amide bonds. The van der Waals surface area contributed by atoms with E-state index >= 15 is 0 Å². The Morgan fingerprint density at radius 3 is 2.44 bits per heavy atom. The Balaban J connectivity index is 2.08. The fourth-order valence-corrected chi connectivity index (χ4v) is 1.99. The molecule has 0 aromatic heterocycles. The number of nitro benzene ring substituents is 1. The lowest BCUT2D eigenvalue weighted by atomic mass is 10.2. The Hall–Kier alpha value is -3.42. The Labute approximate surface area is 143 Å². The van der Waals surface area contributed by atoms with Gasteiger partial charge in [-0.1, -0.05) is 18.2 Å². The first kappa shape index (κ1) is 17.9. The summed E-state index contributed by atoms with van der Waals surface area (Å²) < 4.78 is 10.00. The van der Waals surface area contributed by atoms with Crippen LogP contribution in [-0.2, 0) is 9.53 Å². The highest BCUT2D eigenvalue weighted by Gasteiger charge is 2.23. The summed E-state index contributed by atoms with van der Waals surface area (Å²) in [6.45, 7) is 1.38. The van der Waals surface area contributed by atoms with Gasteiger partial charge in [-0.3, -0.25) is 14.9 Å². The molecule has 0 saturated heterocycles. The average Bonchev–Trinajstić information content (AvgIpc) is 2.62. The number of ether oxygens (including phenoxy) is 2. The van der Waals surface area contributed by atoms with E-state index < -0.39 is 22.9 Å². The van der Waals surface area contributed by atoms with Gasteiger partial charge in [-0.05, 0) is 31.2 Å². The predicted molar refractivity (Wildman–Crippen MR) is 89.6 cm³/mol. The lowest BCUT2D eigenvalue weighted by Crippen LogP contribution is -2.30. The third-order valence-corrected chi connectivity index (χ3v) is 3.32. The van der Waals surface area contributed by atoms with Crippen molar-refractivity contribution in [3.63, 3.8) is 0 Å². The second-order valence-electron chi connectivity index (χ2n) is 5.04. The topological polar surface area (TPSA) is 108 Å². The molecule has 0 fully saturated rings. The molecule has 0 aliphatic heterocycles. The van der Waals surface area contributed by atoms with Crippen LogP contribution in [0.4, 0.5) is 11.4 Å². The summed E-state index contributed by atoms with van der Waals surface area (Å²) in [5.41, 5.74) is -0.0368. The van der Waals surface area contributed by atoms with Crippen molar-refractivity contribution in [3.05, 3.63) is 64.2 Å². The highest BCUT2D eigenvalue weighted by atomic mass is 16.6. The number of hydrogen-bond donors (Lipinski definition) is 1. The minimum Gasteiger partial charge on any atom is -0.496 e. The highest BCUT2D eigenvalue weighted by Crippen LogP contribution is 2.29. The summed E-state index contributed by atoms with van der Waals surface area (Å²) in [7, 11) is 1.38. The number of hydrogen-bond acceptors (Lipinski definition) is 6. The van der Waals surface area contributed by atoms with E-state index in [0.29, 0.717) is 5.56 Å².